The van der Waals surface area contributed by atoms with Crippen LogP contribution in [0.2, 0.25) is 0 Å². The number of fused-ring (bicyclic) bond motifs is 1. The third-order valence-corrected chi connectivity index (χ3v) is 5.64. The number of para-hydroxylation sites is 1. The first-order chi connectivity index (χ1) is 12.6. The van der Waals surface area contributed by atoms with E-state index in [0.717, 1.165) is 9.49 Å². The zero-order valence-electron chi connectivity index (χ0n) is 13.5. The number of carbonyl (C=O) groups is 1. The molecule has 0 bridgehead atoms. The number of benzene rings is 2. The van der Waals surface area contributed by atoms with Gasteiger partial charge in [0, 0.05) is 18.0 Å². The monoisotopic (exact) mass is 366 g/mol. The third kappa shape index (κ3) is 2.66. The van der Waals surface area contributed by atoms with Crippen LogP contribution < -0.4 is 5.32 Å². The van der Waals surface area contributed by atoms with Crippen LogP contribution in [0.15, 0.2) is 71.9 Å². The molecular weight excluding hydrogens is 352 g/mol. The summed E-state index contributed by atoms with van der Waals surface area (Å²) in [7, 11) is -3.66. The zero-order chi connectivity index (χ0) is 18.1. The van der Waals surface area contributed by atoms with Crippen molar-refractivity contribution in [3.8, 4) is 11.4 Å². The van der Waals surface area contributed by atoms with Crippen LogP contribution in [0.1, 0.15) is 0 Å². The summed E-state index contributed by atoms with van der Waals surface area (Å²) in [4.78, 5) is 18.6. The van der Waals surface area contributed by atoms with Gasteiger partial charge >= 0.3 is 0 Å². The number of imidazole rings is 1. The molecule has 0 saturated carbocycles. The Hall–Kier alpha value is -3.39. The van der Waals surface area contributed by atoms with Crippen molar-refractivity contribution in [1.82, 2.24) is 13.9 Å². The summed E-state index contributed by atoms with van der Waals surface area (Å²) in [6.45, 7) is 0. The minimum absolute atomic E-state index is 0.212. The molecule has 0 aliphatic heterocycles. The normalized spacial score (nSPS) is 11.5. The Morgan fingerprint density at radius 3 is 2.62 bits per heavy atom. The van der Waals surface area contributed by atoms with Gasteiger partial charge in [0.2, 0.25) is 6.41 Å². The van der Waals surface area contributed by atoms with Gasteiger partial charge in [0.15, 0.2) is 0 Å². The highest BCUT2D eigenvalue weighted by molar-refractivity contribution is 7.90. The highest BCUT2D eigenvalue weighted by Crippen LogP contribution is 2.26. The number of nitrogens with one attached hydrogen (secondary N) is 2. The number of aromatic amines is 1. The summed E-state index contributed by atoms with van der Waals surface area (Å²) in [6.07, 6.45) is 3.58. The lowest BCUT2D eigenvalue weighted by Gasteiger charge is -2.04. The molecule has 2 N–H and O–H groups in total. The number of amides is 1. The molecule has 8 heteroatoms. The summed E-state index contributed by atoms with van der Waals surface area (Å²) < 4.78 is 26.5. The van der Waals surface area contributed by atoms with E-state index in [4.69, 9.17) is 0 Å². The number of anilines is 1. The molecule has 0 unspecified atom stereocenters. The molecule has 0 aliphatic carbocycles. The van der Waals surface area contributed by atoms with E-state index in [9.17, 15) is 13.2 Å². The van der Waals surface area contributed by atoms with Crippen LogP contribution in [0.25, 0.3) is 22.4 Å². The van der Waals surface area contributed by atoms with E-state index in [1.165, 1.54) is 12.4 Å². The maximum absolute atomic E-state index is 12.7. The van der Waals surface area contributed by atoms with E-state index in [0.29, 0.717) is 29.0 Å². The van der Waals surface area contributed by atoms with E-state index >= 15 is 0 Å². The Morgan fingerprint density at radius 2 is 1.85 bits per heavy atom. The number of aromatic nitrogens is 3. The van der Waals surface area contributed by atoms with Crippen molar-refractivity contribution < 1.29 is 13.2 Å². The highest BCUT2D eigenvalue weighted by atomic mass is 32.2. The van der Waals surface area contributed by atoms with Gasteiger partial charge in [-0.15, -0.1) is 0 Å². The van der Waals surface area contributed by atoms with Gasteiger partial charge in [0.05, 0.1) is 16.1 Å². The molecular formula is C18H14N4O3S. The van der Waals surface area contributed by atoms with Crippen LogP contribution in [0.3, 0.4) is 0 Å². The lowest BCUT2D eigenvalue weighted by molar-refractivity contribution is -0.105. The van der Waals surface area contributed by atoms with E-state index in [-0.39, 0.29) is 4.90 Å². The molecule has 1 amide bonds. The number of hydrogen-bond donors (Lipinski definition) is 2. The lowest BCUT2D eigenvalue weighted by Crippen LogP contribution is -2.10. The van der Waals surface area contributed by atoms with Crippen LogP contribution in [0, 0.1) is 0 Å². The lowest BCUT2D eigenvalue weighted by atomic mass is 10.3. The zero-order valence-corrected chi connectivity index (χ0v) is 14.3. The van der Waals surface area contributed by atoms with Crippen LogP contribution in [0.5, 0.6) is 0 Å². The van der Waals surface area contributed by atoms with Gasteiger partial charge in [-0.2, -0.15) is 0 Å². The van der Waals surface area contributed by atoms with Gasteiger partial charge < -0.3 is 10.3 Å². The second-order valence-corrected chi connectivity index (χ2v) is 7.44. The van der Waals surface area contributed by atoms with E-state index in [1.807, 2.05) is 6.07 Å². The molecule has 0 fully saturated rings. The fraction of sp³-hybridized carbons (Fsp3) is 0. The van der Waals surface area contributed by atoms with Crippen molar-refractivity contribution in [2.75, 3.05) is 5.32 Å². The predicted molar refractivity (Wildman–Crippen MR) is 98.2 cm³/mol. The maximum Gasteiger partial charge on any atom is 0.267 e. The smallest absolute Gasteiger partial charge is 0.267 e. The fourth-order valence-corrected chi connectivity index (χ4v) is 3.95. The Bertz CT molecular complexity index is 1190. The summed E-state index contributed by atoms with van der Waals surface area (Å²) in [5.41, 5.74) is 2.55. The Balaban J connectivity index is 1.76. The average molecular weight is 366 g/mol. The molecule has 4 rings (SSSR count). The molecule has 0 saturated heterocycles. The van der Waals surface area contributed by atoms with Gasteiger partial charge in [0.1, 0.15) is 11.3 Å². The number of rotatable bonds is 5. The second kappa shape index (κ2) is 6.16. The highest BCUT2D eigenvalue weighted by Gasteiger charge is 2.17. The van der Waals surface area contributed by atoms with E-state index < -0.39 is 10.0 Å². The van der Waals surface area contributed by atoms with Crippen molar-refractivity contribution in [1.29, 1.82) is 0 Å². The molecule has 0 spiro atoms. The fourth-order valence-electron chi connectivity index (χ4n) is 2.73. The van der Waals surface area contributed by atoms with Crippen LogP contribution in [-0.2, 0) is 14.8 Å². The molecule has 0 radical (unpaired) electrons. The topological polar surface area (TPSA) is 96.9 Å². The first-order valence-corrected chi connectivity index (χ1v) is 9.21. The van der Waals surface area contributed by atoms with Crippen LogP contribution >= 0.6 is 0 Å². The van der Waals surface area contributed by atoms with Crippen molar-refractivity contribution in [2.45, 2.75) is 4.90 Å². The maximum atomic E-state index is 12.7. The molecule has 7 nitrogen and oxygen atoms in total. The standard InChI is InChI=1S/C18H14N4O3S/c23-12-19-15-7-4-8-16-17(15)21-18(20-16)13-9-10-22(11-13)26(24,25)14-5-2-1-3-6-14/h1-12H,(H,19,23)(H,20,21). The Labute approximate surface area is 149 Å². The first-order valence-electron chi connectivity index (χ1n) is 7.77. The SMILES string of the molecule is O=CNc1cccc2[nH]c(-c3ccn(S(=O)(=O)c4ccccc4)c3)nc12. The summed E-state index contributed by atoms with van der Waals surface area (Å²) in [6, 6.07) is 15.3. The minimum atomic E-state index is -3.66. The van der Waals surface area contributed by atoms with Crippen LogP contribution in [0.4, 0.5) is 5.69 Å². The van der Waals surface area contributed by atoms with Gasteiger partial charge in [-0.3, -0.25) is 4.79 Å². The predicted octanol–water partition coefficient (Wildman–Crippen LogP) is 2.84. The second-order valence-electron chi connectivity index (χ2n) is 5.60. The van der Waals surface area contributed by atoms with E-state index in [1.54, 1.807) is 48.5 Å². The van der Waals surface area contributed by atoms with Gasteiger partial charge in [-0.05, 0) is 30.3 Å². The summed E-state index contributed by atoms with van der Waals surface area (Å²) in [5.74, 6) is 0.516. The first kappa shape index (κ1) is 16.1. The summed E-state index contributed by atoms with van der Waals surface area (Å²) >= 11 is 0. The average Bonchev–Trinajstić information content (AvgIpc) is 3.30. The van der Waals surface area contributed by atoms with E-state index in [2.05, 4.69) is 15.3 Å². The largest absolute Gasteiger partial charge is 0.338 e. The van der Waals surface area contributed by atoms with Crippen molar-refractivity contribution in [3.63, 3.8) is 0 Å². The molecule has 2 heterocycles. The number of H-pyrrole nitrogens is 1. The molecule has 130 valence electrons. The number of hydrogen-bond acceptors (Lipinski definition) is 4. The molecule has 2 aromatic heterocycles. The molecule has 2 aromatic carbocycles. The van der Waals surface area contributed by atoms with Gasteiger partial charge in [-0.1, -0.05) is 24.3 Å². The third-order valence-electron chi connectivity index (χ3n) is 3.99. The number of carbonyl (C=O) groups excluding carboxylic acids is 1. The quantitative estimate of drug-likeness (QED) is 0.531. The molecule has 4 aromatic rings. The Kier molecular flexibility index (Phi) is 3.81. The van der Waals surface area contributed by atoms with Crippen molar-refractivity contribution in [3.05, 3.63) is 67.0 Å². The van der Waals surface area contributed by atoms with Gasteiger partial charge in [0.25, 0.3) is 10.0 Å². The minimum Gasteiger partial charge on any atom is -0.338 e. The Morgan fingerprint density at radius 1 is 1.04 bits per heavy atom. The molecule has 0 atom stereocenters. The molecule has 26 heavy (non-hydrogen) atoms. The summed E-state index contributed by atoms with van der Waals surface area (Å²) in [5, 5.41) is 2.60. The number of nitrogens with zero attached hydrogens (tertiary/aromatic N) is 2. The van der Waals surface area contributed by atoms with Crippen molar-refractivity contribution >= 4 is 33.2 Å². The molecule has 0 aliphatic rings. The van der Waals surface area contributed by atoms with Crippen LogP contribution in [-0.4, -0.2) is 28.8 Å². The van der Waals surface area contributed by atoms with Crippen molar-refractivity contribution in [2.24, 2.45) is 0 Å². The van der Waals surface area contributed by atoms with Gasteiger partial charge in [-0.25, -0.2) is 17.4 Å².